The van der Waals surface area contributed by atoms with Crippen molar-refractivity contribution < 1.29 is 14.3 Å². The fourth-order valence-electron chi connectivity index (χ4n) is 4.45. The number of hydrogen-bond acceptors (Lipinski definition) is 5. The smallest absolute Gasteiger partial charge is 0.261 e. The zero-order valence-corrected chi connectivity index (χ0v) is 21.5. The predicted octanol–water partition coefficient (Wildman–Crippen LogP) is 6.42. The highest BCUT2D eigenvalue weighted by molar-refractivity contribution is 6.30. The van der Waals surface area contributed by atoms with Gasteiger partial charge in [0, 0.05) is 22.0 Å². The molecule has 0 aliphatic carbocycles. The molecule has 4 aromatic rings. The van der Waals surface area contributed by atoms with Crippen LogP contribution in [0.2, 0.25) is 5.02 Å². The van der Waals surface area contributed by atoms with E-state index in [9.17, 15) is 4.79 Å². The van der Waals surface area contributed by atoms with Crippen molar-refractivity contribution in [3.8, 4) is 11.5 Å². The van der Waals surface area contributed by atoms with Gasteiger partial charge in [-0.1, -0.05) is 54.9 Å². The van der Waals surface area contributed by atoms with E-state index in [4.69, 9.17) is 21.1 Å². The molecule has 8 heteroatoms. The van der Waals surface area contributed by atoms with Crippen LogP contribution < -0.4 is 20.1 Å². The lowest BCUT2D eigenvalue weighted by Crippen LogP contribution is -2.22. The van der Waals surface area contributed by atoms with E-state index in [0.717, 1.165) is 23.2 Å². The fraction of sp³-hybridized carbons (Fsp3) is 0.172. The van der Waals surface area contributed by atoms with Crippen LogP contribution in [-0.2, 0) is 6.42 Å². The fourth-order valence-corrected chi connectivity index (χ4v) is 4.57. The van der Waals surface area contributed by atoms with Gasteiger partial charge in [0.05, 0.1) is 20.4 Å². The van der Waals surface area contributed by atoms with Crippen molar-refractivity contribution in [2.45, 2.75) is 19.4 Å². The molecule has 0 saturated carbocycles. The Labute approximate surface area is 220 Å². The number of carbonyl (C=O) groups excluding carboxylic acids is 1. The number of amides is 1. The number of para-hydroxylation sites is 1. The van der Waals surface area contributed by atoms with E-state index in [1.807, 2.05) is 18.2 Å². The number of ether oxygens (including phenoxy) is 2. The third-order valence-corrected chi connectivity index (χ3v) is 6.66. The number of benzene rings is 3. The summed E-state index contributed by atoms with van der Waals surface area (Å²) < 4.78 is 13.1. The number of allylic oxidation sites excluding steroid dienone is 1. The number of methoxy groups -OCH3 is 2. The Morgan fingerprint density at radius 3 is 2.49 bits per heavy atom. The topological polar surface area (TPSA) is 77.4 Å². The maximum Gasteiger partial charge on any atom is 0.261 e. The lowest BCUT2D eigenvalue weighted by Gasteiger charge is -2.27. The van der Waals surface area contributed by atoms with E-state index >= 15 is 0 Å². The molecule has 1 aromatic heterocycles. The van der Waals surface area contributed by atoms with Crippen molar-refractivity contribution in [1.29, 1.82) is 0 Å². The van der Waals surface area contributed by atoms with Crippen LogP contribution >= 0.6 is 11.6 Å². The van der Waals surface area contributed by atoms with Crippen molar-refractivity contribution in [3.63, 3.8) is 0 Å². The van der Waals surface area contributed by atoms with Gasteiger partial charge in [-0.2, -0.15) is 5.10 Å². The molecule has 3 aromatic carbocycles. The van der Waals surface area contributed by atoms with Crippen molar-refractivity contribution >= 4 is 34.7 Å². The number of carbonyl (C=O) groups is 1. The van der Waals surface area contributed by atoms with E-state index in [2.05, 4.69) is 53.0 Å². The molecule has 0 spiro atoms. The third kappa shape index (κ3) is 4.78. The minimum atomic E-state index is -0.348. The second-order valence-electron chi connectivity index (χ2n) is 8.60. The quantitative estimate of drug-likeness (QED) is 0.297. The van der Waals surface area contributed by atoms with Crippen LogP contribution in [-0.4, -0.2) is 29.9 Å². The molecule has 0 radical (unpaired) electrons. The van der Waals surface area contributed by atoms with Gasteiger partial charge in [-0.05, 0) is 54.0 Å². The standard InChI is InChI=1S/C29H27ClN4O3/c1-4-18-8-10-19(11-9-18)24-16-25(22-6-5-7-26(36-2)27(22)37-3)34-28(33-24)23(17-31-34)29(35)32-21-14-12-20(30)13-15-21/h5-17,25,33H,4H2,1-3H3,(H,32,35). The number of anilines is 2. The molecule has 1 aliphatic rings. The number of aromatic nitrogens is 2. The Bertz CT molecular complexity index is 1460. The van der Waals surface area contributed by atoms with Gasteiger partial charge in [-0.3, -0.25) is 4.79 Å². The van der Waals surface area contributed by atoms with Crippen LogP contribution in [0.15, 0.2) is 79.0 Å². The molecule has 5 rings (SSSR count). The summed E-state index contributed by atoms with van der Waals surface area (Å²) in [6, 6.07) is 20.8. The van der Waals surface area contributed by atoms with Gasteiger partial charge in [0.2, 0.25) is 0 Å². The lowest BCUT2D eigenvalue weighted by atomic mass is 9.99. The van der Waals surface area contributed by atoms with Gasteiger partial charge < -0.3 is 20.1 Å². The normalized spacial score (nSPS) is 14.3. The minimum Gasteiger partial charge on any atom is -0.493 e. The average molecular weight is 515 g/mol. The van der Waals surface area contributed by atoms with E-state index in [-0.39, 0.29) is 11.9 Å². The monoisotopic (exact) mass is 514 g/mol. The first-order valence-electron chi connectivity index (χ1n) is 12.0. The Balaban J connectivity index is 1.60. The van der Waals surface area contributed by atoms with Crippen molar-refractivity contribution in [2.75, 3.05) is 24.9 Å². The summed E-state index contributed by atoms with van der Waals surface area (Å²) in [7, 11) is 3.23. The van der Waals surface area contributed by atoms with Crippen LogP contribution in [0.4, 0.5) is 11.5 Å². The maximum atomic E-state index is 13.3. The molecule has 1 atom stereocenters. The van der Waals surface area contributed by atoms with E-state index in [1.54, 1.807) is 49.4 Å². The SMILES string of the molecule is CCc1ccc(C2=CC(c3cccc(OC)c3OC)n3ncc(C(=O)Nc4ccc(Cl)cc4)c3N2)cc1. The first kappa shape index (κ1) is 24.5. The number of hydrogen-bond donors (Lipinski definition) is 2. The third-order valence-electron chi connectivity index (χ3n) is 6.41. The van der Waals surface area contributed by atoms with Crippen LogP contribution in [0.3, 0.4) is 0 Å². The maximum absolute atomic E-state index is 13.3. The Kier molecular flexibility index (Phi) is 6.88. The molecule has 2 N–H and O–H groups in total. The number of fused-ring (bicyclic) bond motifs is 1. The van der Waals surface area contributed by atoms with E-state index in [0.29, 0.717) is 33.6 Å². The highest BCUT2D eigenvalue weighted by Crippen LogP contribution is 2.41. The summed E-state index contributed by atoms with van der Waals surface area (Å²) in [5, 5.41) is 11.6. The molecule has 1 unspecified atom stereocenters. The van der Waals surface area contributed by atoms with Gasteiger partial charge in [0.15, 0.2) is 11.5 Å². The van der Waals surface area contributed by atoms with Crippen molar-refractivity contribution in [2.24, 2.45) is 0 Å². The first-order chi connectivity index (χ1) is 18.0. The number of nitrogens with one attached hydrogen (secondary N) is 2. The number of nitrogens with zero attached hydrogens (tertiary/aromatic N) is 2. The van der Waals surface area contributed by atoms with Gasteiger partial charge in [-0.25, -0.2) is 4.68 Å². The first-order valence-corrected chi connectivity index (χ1v) is 12.3. The molecule has 0 fully saturated rings. The summed E-state index contributed by atoms with van der Waals surface area (Å²) in [5.74, 6) is 1.53. The van der Waals surface area contributed by atoms with Gasteiger partial charge in [0.1, 0.15) is 17.4 Å². The predicted molar refractivity (Wildman–Crippen MR) is 147 cm³/mol. The summed E-state index contributed by atoms with van der Waals surface area (Å²) in [6.45, 7) is 2.13. The minimum absolute atomic E-state index is 0.282. The average Bonchev–Trinajstić information content (AvgIpc) is 3.37. The van der Waals surface area contributed by atoms with Gasteiger partial charge >= 0.3 is 0 Å². The van der Waals surface area contributed by atoms with E-state index < -0.39 is 0 Å². The Hall–Kier alpha value is -4.23. The van der Waals surface area contributed by atoms with Crippen molar-refractivity contribution in [1.82, 2.24) is 9.78 Å². The molecule has 188 valence electrons. The molecule has 37 heavy (non-hydrogen) atoms. The summed E-state index contributed by atoms with van der Waals surface area (Å²) in [4.78, 5) is 13.3. The number of rotatable bonds is 7. The zero-order valence-electron chi connectivity index (χ0n) is 20.8. The number of halogens is 1. The Morgan fingerprint density at radius 1 is 1.05 bits per heavy atom. The molecule has 7 nitrogen and oxygen atoms in total. The molecular weight excluding hydrogens is 488 g/mol. The molecule has 0 saturated heterocycles. The summed E-state index contributed by atoms with van der Waals surface area (Å²) >= 11 is 6.00. The van der Waals surface area contributed by atoms with Gasteiger partial charge in [-0.15, -0.1) is 0 Å². The lowest BCUT2D eigenvalue weighted by molar-refractivity contribution is 0.102. The second-order valence-corrected chi connectivity index (χ2v) is 9.03. The molecule has 1 aliphatic heterocycles. The van der Waals surface area contributed by atoms with Crippen LogP contribution in [0, 0.1) is 0 Å². The molecular formula is C29H27ClN4O3. The highest BCUT2D eigenvalue weighted by Gasteiger charge is 2.30. The van der Waals surface area contributed by atoms with Crippen LogP contribution in [0.1, 0.15) is 40.0 Å². The summed E-state index contributed by atoms with van der Waals surface area (Å²) in [5.41, 5.74) is 5.03. The van der Waals surface area contributed by atoms with Crippen LogP contribution in [0.5, 0.6) is 11.5 Å². The molecule has 0 bridgehead atoms. The zero-order chi connectivity index (χ0) is 25.9. The Morgan fingerprint density at radius 2 is 1.81 bits per heavy atom. The molecule has 2 heterocycles. The van der Waals surface area contributed by atoms with Crippen molar-refractivity contribution in [3.05, 3.63) is 106 Å². The van der Waals surface area contributed by atoms with Gasteiger partial charge in [0.25, 0.3) is 5.91 Å². The highest BCUT2D eigenvalue weighted by atomic mass is 35.5. The number of aryl methyl sites for hydroxylation is 1. The summed E-state index contributed by atoms with van der Waals surface area (Å²) in [6.07, 6.45) is 4.61. The molecule has 1 amide bonds. The van der Waals surface area contributed by atoms with Crippen LogP contribution in [0.25, 0.3) is 5.70 Å². The largest absolute Gasteiger partial charge is 0.493 e. The van der Waals surface area contributed by atoms with E-state index in [1.165, 1.54) is 5.56 Å². The second kappa shape index (κ2) is 10.4.